The Morgan fingerprint density at radius 3 is 2.50 bits per heavy atom. The van der Waals surface area contributed by atoms with Gasteiger partial charge in [-0.3, -0.25) is 14.4 Å². The first kappa shape index (κ1) is 20.3. The zero-order valence-corrected chi connectivity index (χ0v) is 16.3. The van der Waals surface area contributed by atoms with Gasteiger partial charge in [0, 0.05) is 31.6 Å². The first-order chi connectivity index (χ1) is 13.4. The van der Waals surface area contributed by atoms with E-state index < -0.39 is 11.6 Å². The molecule has 1 aromatic carbocycles. The third-order valence-electron chi connectivity index (χ3n) is 5.86. The molecule has 2 heterocycles. The maximum atomic E-state index is 12.4. The van der Waals surface area contributed by atoms with Crippen LogP contribution in [0, 0.1) is 5.92 Å². The lowest BCUT2D eigenvalue weighted by atomic mass is 9.80. The van der Waals surface area contributed by atoms with Crippen molar-refractivity contribution in [3.63, 3.8) is 0 Å². The van der Waals surface area contributed by atoms with E-state index in [-0.39, 0.29) is 37.2 Å². The molecular formula is C21H28N2O5. The molecule has 7 nitrogen and oxygen atoms in total. The Morgan fingerprint density at radius 1 is 1.18 bits per heavy atom. The summed E-state index contributed by atoms with van der Waals surface area (Å²) in [5.41, 5.74) is 0.440. The topological polar surface area (TPSA) is 87.2 Å². The Labute approximate surface area is 165 Å². The predicted molar refractivity (Wildman–Crippen MR) is 104 cm³/mol. The lowest BCUT2D eigenvalue weighted by Crippen LogP contribution is -2.58. The monoisotopic (exact) mass is 388 g/mol. The molecule has 0 spiro atoms. The number of carbonyl (C=O) groups is 3. The number of para-hydroxylation sites is 1. The molecule has 0 saturated carbocycles. The highest BCUT2D eigenvalue weighted by Crippen LogP contribution is 2.35. The molecule has 0 aromatic heterocycles. The van der Waals surface area contributed by atoms with Gasteiger partial charge in [-0.05, 0) is 44.2 Å². The van der Waals surface area contributed by atoms with Crippen molar-refractivity contribution in [2.24, 2.45) is 5.92 Å². The van der Waals surface area contributed by atoms with Crippen molar-refractivity contribution in [2.45, 2.75) is 44.6 Å². The Morgan fingerprint density at radius 2 is 1.86 bits per heavy atom. The number of piperidine rings is 1. The number of carbonyl (C=O) groups excluding carboxylic acids is 2. The molecule has 0 bridgehead atoms. The largest absolute Gasteiger partial charge is 0.481 e. The molecule has 0 aliphatic carbocycles. The molecule has 7 heteroatoms. The summed E-state index contributed by atoms with van der Waals surface area (Å²) in [4.78, 5) is 38.9. The molecule has 1 atom stereocenters. The van der Waals surface area contributed by atoms with Crippen LogP contribution in [-0.4, -0.2) is 59.6 Å². The third-order valence-corrected chi connectivity index (χ3v) is 5.86. The second-order valence-corrected chi connectivity index (χ2v) is 7.82. The normalized spacial score (nSPS) is 23.7. The number of morpholine rings is 1. The molecule has 0 radical (unpaired) electrons. The number of nitrogens with zero attached hydrogens (tertiary/aromatic N) is 2. The number of ether oxygens (including phenoxy) is 1. The van der Waals surface area contributed by atoms with E-state index in [1.54, 1.807) is 4.90 Å². The second kappa shape index (κ2) is 8.73. The number of carboxylic acid groups (broad SMARTS) is 1. The van der Waals surface area contributed by atoms with Gasteiger partial charge in [-0.1, -0.05) is 18.2 Å². The molecule has 2 aliphatic heterocycles. The SMILES string of the molecule is C[C@@]1(C2CCN(C(=O)CCCC(=O)O)CC2)CN(c2ccccc2)C(=O)CO1. The zero-order valence-electron chi connectivity index (χ0n) is 16.3. The van der Waals surface area contributed by atoms with Crippen molar-refractivity contribution in [3.05, 3.63) is 30.3 Å². The Kier molecular flexibility index (Phi) is 6.34. The number of anilines is 1. The van der Waals surface area contributed by atoms with E-state index in [1.807, 2.05) is 35.2 Å². The number of hydrogen-bond acceptors (Lipinski definition) is 4. The van der Waals surface area contributed by atoms with Gasteiger partial charge < -0.3 is 19.6 Å². The van der Waals surface area contributed by atoms with E-state index in [0.29, 0.717) is 26.1 Å². The standard InChI is InChI=1S/C21H28N2O5/c1-21(15-23(19(25)14-28-21)17-6-3-2-4-7-17)16-10-12-22(13-11-16)18(24)8-5-9-20(26)27/h2-4,6-7,16H,5,8-15H2,1H3,(H,26,27)/t21-/m0/s1. The number of likely N-dealkylation sites (tertiary alicyclic amines) is 1. The summed E-state index contributed by atoms with van der Waals surface area (Å²) >= 11 is 0. The molecule has 0 unspecified atom stereocenters. The number of carboxylic acids is 1. The fourth-order valence-electron chi connectivity index (χ4n) is 4.13. The van der Waals surface area contributed by atoms with Crippen molar-refractivity contribution in [2.75, 3.05) is 31.1 Å². The average Bonchev–Trinajstić information content (AvgIpc) is 2.70. The van der Waals surface area contributed by atoms with Gasteiger partial charge in [0.2, 0.25) is 5.91 Å². The summed E-state index contributed by atoms with van der Waals surface area (Å²) < 4.78 is 6.00. The minimum atomic E-state index is -0.869. The van der Waals surface area contributed by atoms with Gasteiger partial charge in [-0.15, -0.1) is 0 Å². The first-order valence-corrected chi connectivity index (χ1v) is 9.88. The third kappa shape index (κ3) is 4.70. The molecule has 2 saturated heterocycles. The van der Waals surface area contributed by atoms with E-state index in [2.05, 4.69) is 6.92 Å². The minimum absolute atomic E-state index is 0.0236. The lowest BCUT2D eigenvalue weighted by molar-refractivity contribution is -0.148. The average molecular weight is 388 g/mol. The zero-order chi connectivity index (χ0) is 20.1. The van der Waals surface area contributed by atoms with E-state index in [1.165, 1.54) is 0 Å². The van der Waals surface area contributed by atoms with Crippen molar-refractivity contribution >= 4 is 23.5 Å². The van der Waals surface area contributed by atoms with Crippen LogP contribution in [0.4, 0.5) is 5.69 Å². The van der Waals surface area contributed by atoms with Crippen LogP contribution in [0.1, 0.15) is 39.0 Å². The smallest absolute Gasteiger partial charge is 0.303 e. The summed E-state index contributed by atoms with van der Waals surface area (Å²) in [6, 6.07) is 9.63. The van der Waals surface area contributed by atoms with Crippen LogP contribution in [0.2, 0.25) is 0 Å². The molecular weight excluding hydrogens is 360 g/mol. The van der Waals surface area contributed by atoms with Crippen molar-refractivity contribution in [1.29, 1.82) is 0 Å². The molecule has 2 amide bonds. The maximum absolute atomic E-state index is 12.4. The summed E-state index contributed by atoms with van der Waals surface area (Å²) in [7, 11) is 0. The van der Waals surface area contributed by atoms with Crippen LogP contribution in [0.25, 0.3) is 0 Å². The molecule has 1 N–H and O–H groups in total. The highest BCUT2D eigenvalue weighted by molar-refractivity contribution is 5.95. The number of hydrogen-bond donors (Lipinski definition) is 1. The van der Waals surface area contributed by atoms with E-state index >= 15 is 0 Å². The van der Waals surface area contributed by atoms with Gasteiger partial charge >= 0.3 is 5.97 Å². The Hall–Kier alpha value is -2.41. The maximum Gasteiger partial charge on any atom is 0.303 e. The van der Waals surface area contributed by atoms with Crippen LogP contribution >= 0.6 is 0 Å². The van der Waals surface area contributed by atoms with Crippen LogP contribution in [0.5, 0.6) is 0 Å². The number of amides is 2. The Balaban J connectivity index is 1.56. The highest BCUT2D eigenvalue weighted by atomic mass is 16.5. The van der Waals surface area contributed by atoms with Crippen molar-refractivity contribution in [3.8, 4) is 0 Å². The summed E-state index contributed by atoms with van der Waals surface area (Å²) in [6.45, 7) is 3.93. The van der Waals surface area contributed by atoms with E-state index in [4.69, 9.17) is 9.84 Å². The van der Waals surface area contributed by atoms with Crippen molar-refractivity contribution < 1.29 is 24.2 Å². The van der Waals surface area contributed by atoms with Gasteiger partial charge in [-0.25, -0.2) is 0 Å². The molecule has 3 rings (SSSR count). The highest BCUT2D eigenvalue weighted by Gasteiger charge is 2.44. The number of aliphatic carboxylic acids is 1. The lowest BCUT2D eigenvalue weighted by Gasteiger charge is -2.47. The quantitative estimate of drug-likeness (QED) is 0.808. The summed E-state index contributed by atoms with van der Waals surface area (Å²) in [6.07, 6.45) is 2.32. The van der Waals surface area contributed by atoms with Gasteiger partial charge in [0.1, 0.15) is 6.61 Å². The molecule has 152 valence electrons. The second-order valence-electron chi connectivity index (χ2n) is 7.82. The van der Waals surface area contributed by atoms with E-state index in [9.17, 15) is 14.4 Å². The van der Waals surface area contributed by atoms with Crippen LogP contribution in [-0.2, 0) is 19.1 Å². The van der Waals surface area contributed by atoms with Crippen LogP contribution in [0.3, 0.4) is 0 Å². The summed E-state index contributed by atoms with van der Waals surface area (Å²) in [5, 5.41) is 8.70. The molecule has 1 aromatic rings. The summed E-state index contributed by atoms with van der Waals surface area (Å²) in [5.74, 6) is -0.619. The Bertz CT molecular complexity index is 715. The van der Waals surface area contributed by atoms with Crippen LogP contribution in [0.15, 0.2) is 30.3 Å². The van der Waals surface area contributed by atoms with Crippen LogP contribution < -0.4 is 4.90 Å². The van der Waals surface area contributed by atoms with E-state index in [0.717, 1.165) is 18.5 Å². The van der Waals surface area contributed by atoms with Gasteiger partial charge in [0.25, 0.3) is 5.91 Å². The fraction of sp³-hybridized carbons (Fsp3) is 0.571. The van der Waals surface area contributed by atoms with Crippen molar-refractivity contribution in [1.82, 2.24) is 4.90 Å². The molecule has 2 aliphatic rings. The number of rotatable bonds is 6. The first-order valence-electron chi connectivity index (χ1n) is 9.88. The molecule has 2 fully saturated rings. The predicted octanol–water partition coefficient (Wildman–Crippen LogP) is 2.30. The molecule has 28 heavy (non-hydrogen) atoms. The van der Waals surface area contributed by atoms with Gasteiger partial charge in [-0.2, -0.15) is 0 Å². The minimum Gasteiger partial charge on any atom is -0.481 e. The fourth-order valence-corrected chi connectivity index (χ4v) is 4.13. The van der Waals surface area contributed by atoms with Gasteiger partial charge in [0.05, 0.1) is 12.1 Å². The van der Waals surface area contributed by atoms with Gasteiger partial charge in [0.15, 0.2) is 0 Å². The number of benzene rings is 1.